The molecule has 0 amide bonds. The van der Waals surface area contributed by atoms with Crippen LogP contribution in [0.3, 0.4) is 0 Å². The van der Waals surface area contributed by atoms with E-state index in [1.807, 2.05) is 0 Å². The average Bonchev–Trinajstić information content (AvgIpc) is 2.78. The Morgan fingerprint density at radius 1 is 1.61 bits per heavy atom. The summed E-state index contributed by atoms with van der Waals surface area (Å²) in [6.07, 6.45) is 2.61. The van der Waals surface area contributed by atoms with Crippen LogP contribution in [0.1, 0.15) is 19.6 Å². The Balaban J connectivity index is 2.14. The van der Waals surface area contributed by atoms with Gasteiger partial charge in [0.2, 0.25) is 5.76 Å². The largest absolute Gasteiger partial charge is 0.462 e. The van der Waals surface area contributed by atoms with Crippen molar-refractivity contribution in [3.63, 3.8) is 0 Å². The van der Waals surface area contributed by atoms with Crippen LogP contribution in [0.15, 0.2) is 33.7 Å². The van der Waals surface area contributed by atoms with E-state index < -0.39 is 23.4 Å². The normalized spacial score (nSPS) is 18.1. The average molecular weight is 252 g/mol. The zero-order chi connectivity index (χ0) is 13.1. The van der Waals surface area contributed by atoms with E-state index in [0.29, 0.717) is 6.42 Å². The van der Waals surface area contributed by atoms with Gasteiger partial charge in [-0.05, 0) is 13.0 Å². The van der Waals surface area contributed by atoms with Crippen LogP contribution >= 0.6 is 0 Å². The van der Waals surface area contributed by atoms with Gasteiger partial charge in [0.1, 0.15) is 0 Å². The lowest BCUT2D eigenvalue weighted by Gasteiger charge is -2.14. The summed E-state index contributed by atoms with van der Waals surface area (Å²) in [5, 5.41) is 0. The smallest absolute Gasteiger partial charge is 0.373 e. The van der Waals surface area contributed by atoms with Crippen molar-refractivity contribution in [1.82, 2.24) is 9.55 Å². The van der Waals surface area contributed by atoms with Crippen LogP contribution in [-0.4, -0.2) is 22.1 Å². The highest BCUT2D eigenvalue weighted by Crippen LogP contribution is 2.25. The molecule has 7 nitrogen and oxygen atoms in total. The molecular weight excluding hydrogens is 240 g/mol. The van der Waals surface area contributed by atoms with E-state index in [0.717, 1.165) is 0 Å². The number of nitrogens with one attached hydrogen (secondary N) is 1. The molecule has 0 aliphatic carbocycles. The summed E-state index contributed by atoms with van der Waals surface area (Å²) in [7, 11) is 0. The molecule has 96 valence electrons. The number of hydrogen-bond donors (Lipinski definition) is 1. The highest BCUT2D eigenvalue weighted by atomic mass is 16.6. The fourth-order valence-electron chi connectivity index (χ4n) is 1.61. The number of carbonyl (C=O) groups is 1. The first kappa shape index (κ1) is 12.2. The second-order valence-corrected chi connectivity index (χ2v) is 3.61. The summed E-state index contributed by atoms with van der Waals surface area (Å²) in [5.41, 5.74) is -1.06. The molecule has 0 unspecified atom stereocenters. The lowest BCUT2D eigenvalue weighted by atomic mass is 10.3. The van der Waals surface area contributed by atoms with Gasteiger partial charge < -0.3 is 9.47 Å². The van der Waals surface area contributed by atoms with Gasteiger partial charge in [0.15, 0.2) is 6.23 Å². The van der Waals surface area contributed by atoms with E-state index in [4.69, 9.17) is 9.47 Å². The zero-order valence-electron chi connectivity index (χ0n) is 9.71. The van der Waals surface area contributed by atoms with Crippen LogP contribution in [0.2, 0.25) is 0 Å². The summed E-state index contributed by atoms with van der Waals surface area (Å²) in [6, 6.07) is 1.22. The maximum Gasteiger partial charge on any atom is 0.373 e. The predicted molar refractivity (Wildman–Crippen MR) is 60.8 cm³/mol. The summed E-state index contributed by atoms with van der Waals surface area (Å²) >= 11 is 0. The van der Waals surface area contributed by atoms with Crippen molar-refractivity contribution in [1.29, 1.82) is 0 Å². The molecule has 0 bridgehead atoms. The molecule has 1 aromatic heterocycles. The summed E-state index contributed by atoms with van der Waals surface area (Å²) in [6.45, 7) is 1.94. The van der Waals surface area contributed by atoms with Gasteiger partial charge in [-0.2, -0.15) is 0 Å². The first-order chi connectivity index (χ1) is 8.61. The third-order valence-electron chi connectivity index (χ3n) is 2.41. The van der Waals surface area contributed by atoms with Crippen molar-refractivity contribution in [2.75, 3.05) is 6.61 Å². The molecule has 1 aliphatic heterocycles. The molecular formula is C11H12N2O5. The molecule has 2 heterocycles. The molecule has 1 N–H and O–H groups in total. The van der Waals surface area contributed by atoms with Crippen LogP contribution in [-0.2, 0) is 14.3 Å². The summed E-state index contributed by atoms with van der Waals surface area (Å²) < 4.78 is 11.3. The standard InChI is InChI=1S/C11H12N2O5/c1-2-17-10(15)7-3-4-9(18-7)13-6-5-8(14)12-11(13)16/h3,5-6,9H,2,4H2,1H3,(H,12,14,16)/t9-/m1/s1. The zero-order valence-corrected chi connectivity index (χ0v) is 9.71. The Bertz CT molecular complexity index is 598. The Morgan fingerprint density at radius 2 is 2.39 bits per heavy atom. The van der Waals surface area contributed by atoms with Gasteiger partial charge in [-0.3, -0.25) is 14.3 Å². The fourth-order valence-corrected chi connectivity index (χ4v) is 1.61. The molecule has 0 aromatic carbocycles. The minimum Gasteiger partial charge on any atom is -0.462 e. The Hall–Kier alpha value is -2.31. The number of nitrogens with zero attached hydrogens (tertiary/aromatic N) is 1. The molecule has 7 heteroatoms. The predicted octanol–water partition coefficient (Wildman–Crippen LogP) is -0.0975. The number of aromatic amines is 1. The third kappa shape index (κ3) is 2.34. The number of carbonyl (C=O) groups excluding carboxylic acids is 1. The monoisotopic (exact) mass is 252 g/mol. The molecule has 0 radical (unpaired) electrons. The van der Waals surface area contributed by atoms with Crippen molar-refractivity contribution in [3.05, 3.63) is 44.9 Å². The van der Waals surface area contributed by atoms with Gasteiger partial charge in [-0.15, -0.1) is 0 Å². The molecule has 1 aliphatic rings. The van der Waals surface area contributed by atoms with Gasteiger partial charge in [-0.25, -0.2) is 9.59 Å². The van der Waals surface area contributed by atoms with Gasteiger partial charge in [0.05, 0.1) is 6.61 Å². The van der Waals surface area contributed by atoms with E-state index >= 15 is 0 Å². The third-order valence-corrected chi connectivity index (χ3v) is 2.41. The topological polar surface area (TPSA) is 90.4 Å². The van der Waals surface area contributed by atoms with Crippen LogP contribution in [0, 0.1) is 0 Å². The highest BCUT2D eigenvalue weighted by molar-refractivity contribution is 5.86. The van der Waals surface area contributed by atoms with Gasteiger partial charge in [-0.1, -0.05) is 0 Å². The number of aromatic nitrogens is 2. The van der Waals surface area contributed by atoms with Crippen molar-refractivity contribution >= 4 is 5.97 Å². The minimum atomic E-state index is -0.631. The Morgan fingerprint density at radius 3 is 3.06 bits per heavy atom. The van der Waals surface area contributed by atoms with Crippen molar-refractivity contribution < 1.29 is 14.3 Å². The van der Waals surface area contributed by atoms with Crippen molar-refractivity contribution in [2.45, 2.75) is 19.6 Å². The summed E-state index contributed by atoms with van der Waals surface area (Å²) in [5.74, 6) is -0.475. The second-order valence-electron chi connectivity index (χ2n) is 3.61. The fraction of sp³-hybridized carbons (Fsp3) is 0.364. The number of rotatable bonds is 3. The van der Waals surface area contributed by atoms with Crippen LogP contribution in [0.5, 0.6) is 0 Å². The van der Waals surface area contributed by atoms with Gasteiger partial charge in [0, 0.05) is 18.7 Å². The van der Waals surface area contributed by atoms with E-state index in [2.05, 4.69) is 4.98 Å². The molecule has 0 saturated carbocycles. The maximum absolute atomic E-state index is 11.5. The lowest BCUT2D eigenvalue weighted by molar-refractivity contribution is -0.143. The van der Waals surface area contributed by atoms with E-state index in [1.54, 1.807) is 13.0 Å². The maximum atomic E-state index is 11.5. The number of H-pyrrole nitrogens is 1. The SMILES string of the molecule is CCOC(=O)C1=CC[C@H](n2ccc(=O)[nH]c2=O)O1. The molecule has 2 rings (SSSR count). The molecule has 18 heavy (non-hydrogen) atoms. The Kier molecular flexibility index (Phi) is 3.31. The van der Waals surface area contributed by atoms with Crippen LogP contribution in [0.25, 0.3) is 0 Å². The Labute approximate surface area is 102 Å². The number of hydrogen-bond acceptors (Lipinski definition) is 5. The van der Waals surface area contributed by atoms with Gasteiger partial charge >= 0.3 is 11.7 Å². The summed E-state index contributed by atoms with van der Waals surface area (Å²) in [4.78, 5) is 36.0. The minimum absolute atomic E-state index is 0.0833. The van der Waals surface area contributed by atoms with E-state index in [1.165, 1.54) is 16.8 Å². The number of esters is 1. The molecule has 1 aromatic rings. The first-order valence-electron chi connectivity index (χ1n) is 5.47. The van der Waals surface area contributed by atoms with E-state index in [-0.39, 0.29) is 12.4 Å². The lowest BCUT2D eigenvalue weighted by Crippen LogP contribution is -2.31. The van der Waals surface area contributed by atoms with Crippen molar-refractivity contribution in [3.8, 4) is 0 Å². The van der Waals surface area contributed by atoms with Crippen LogP contribution < -0.4 is 11.2 Å². The number of ether oxygens (including phenoxy) is 2. The molecule has 0 spiro atoms. The molecule has 1 atom stereocenters. The van der Waals surface area contributed by atoms with Crippen LogP contribution in [0.4, 0.5) is 0 Å². The van der Waals surface area contributed by atoms with Gasteiger partial charge in [0.25, 0.3) is 5.56 Å². The quantitative estimate of drug-likeness (QED) is 0.759. The second kappa shape index (κ2) is 4.91. The molecule has 0 saturated heterocycles. The highest BCUT2D eigenvalue weighted by Gasteiger charge is 2.25. The van der Waals surface area contributed by atoms with Crippen molar-refractivity contribution in [2.24, 2.45) is 0 Å². The first-order valence-corrected chi connectivity index (χ1v) is 5.47. The molecule has 0 fully saturated rings. The van der Waals surface area contributed by atoms with E-state index in [9.17, 15) is 14.4 Å².